The number of phosphoric acid groups is 1. The molecule has 0 saturated heterocycles. The van der Waals surface area contributed by atoms with E-state index in [9.17, 15) is 0 Å². The zero-order valence-electron chi connectivity index (χ0n) is 3.81. The molecule has 8 heavy (non-hydrogen) atoms. The van der Waals surface area contributed by atoms with Crippen LogP contribution in [0.4, 0.5) is 0 Å². The van der Waals surface area contributed by atoms with Crippen LogP contribution in [0.2, 0.25) is 0 Å². The van der Waals surface area contributed by atoms with Crippen LogP contribution in [-0.2, 0) is 21.6 Å². The molecule has 0 aliphatic rings. The first kappa shape index (κ1) is 22.9. The van der Waals surface area contributed by atoms with Crippen molar-refractivity contribution in [2.75, 3.05) is 0 Å². The molecule has 0 aromatic carbocycles. The van der Waals surface area contributed by atoms with Crippen LogP contribution in [0.25, 0.3) is 0 Å². The van der Waals surface area contributed by atoms with Crippen LogP contribution in [0.1, 0.15) is 0 Å². The van der Waals surface area contributed by atoms with E-state index in [0.29, 0.717) is 0 Å². The van der Waals surface area contributed by atoms with Crippen molar-refractivity contribution in [1.82, 2.24) is 0 Å². The Hall–Kier alpha value is 1.16. The summed E-state index contributed by atoms with van der Waals surface area (Å²) in [6.45, 7) is 0. The van der Waals surface area contributed by atoms with E-state index < -0.39 is 7.82 Å². The van der Waals surface area contributed by atoms with Gasteiger partial charge in [-0.2, -0.15) is 7.82 Å². The van der Waals surface area contributed by atoms with Crippen molar-refractivity contribution in [3.8, 4) is 0 Å². The Morgan fingerprint density at radius 1 is 1.12 bits per heavy atom. The van der Waals surface area contributed by atoms with Crippen LogP contribution < -0.4 is 38.2 Å². The quantitative estimate of drug-likeness (QED) is 0.271. The predicted octanol–water partition coefficient (Wildman–Crippen LogP) is -8.82. The fourth-order valence-corrected chi connectivity index (χ4v) is 0. The molecule has 8 heteroatoms. The average Bonchev–Trinajstić information content (AvgIpc) is 0.722. The van der Waals surface area contributed by atoms with E-state index >= 15 is 0 Å². The SMILES string of the molecule is O=P([O-])([O-])[O-].[F-].[Fe+3].[Li+]. The molecule has 45 valence electrons. The van der Waals surface area contributed by atoms with Gasteiger partial charge in [0.2, 0.25) is 0 Å². The van der Waals surface area contributed by atoms with Crippen LogP contribution >= 0.6 is 7.82 Å². The fraction of sp³-hybridized carbons (Fsp3) is 0. The Balaban J connectivity index is -0.0000000267. The number of halogens is 1. The third-order valence-electron chi connectivity index (χ3n) is 0. The van der Waals surface area contributed by atoms with Gasteiger partial charge in [-0.05, 0) is 0 Å². The average molecular weight is 177 g/mol. The summed E-state index contributed by atoms with van der Waals surface area (Å²) in [5.41, 5.74) is 0. The van der Waals surface area contributed by atoms with E-state index in [0.717, 1.165) is 0 Å². The second-order valence-electron chi connectivity index (χ2n) is 0.447. The minimum Gasteiger partial charge on any atom is -1.00 e. The number of hydrogen-bond acceptors (Lipinski definition) is 4. The summed E-state index contributed by atoms with van der Waals surface area (Å²) in [6, 6.07) is 0. The molecule has 0 aliphatic heterocycles. The van der Waals surface area contributed by atoms with Gasteiger partial charge in [0, 0.05) is 0 Å². The molecule has 0 rings (SSSR count). The zero-order chi connectivity index (χ0) is 4.50. The topological polar surface area (TPSA) is 86.2 Å². The first-order valence-corrected chi connectivity index (χ1v) is 2.19. The summed E-state index contributed by atoms with van der Waals surface area (Å²) in [5, 5.41) is 0. The van der Waals surface area contributed by atoms with Crippen LogP contribution in [0.3, 0.4) is 0 Å². The zero-order valence-corrected chi connectivity index (χ0v) is 5.81. The molecular formula is FFeLiO4P. The minimum atomic E-state index is -5.39. The maximum atomic E-state index is 8.55. The second kappa shape index (κ2) is 8.16. The molecule has 0 aliphatic carbocycles. The Morgan fingerprint density at radius 3 is 1.12 bits per heavy atom. The van der Waals surface area contributed by atoms with Gasteiger partial charge in [-0.3, -0.25) is 0 Å². The molecule has 0 unspecified atom stereocenters. The summed E-state index contributed by atoms with van der Waals surface area (Å²) in [4.78, 5) is 25.6. The molecule has 0 fully saturated rings. The summed E-state index contributed by atoms with van der Waals surface area (Å²) in [5.74, 6) is 0. The van der Waals surface area contributed by atoms with Gasteiger partial charge in [0.15, 0.2) is 0 Å². The molecule has 0 saturated carbocycles. The van der Waals surface area contributed by atoms with E-state index in [-0.39, 0.29) is 40.6 Å². The van der Waals surface area contributed by atoms with Gasteiger partial charge >= 0.3 is 35.9 Å². The molecule has 0 aromatic rings. The van der Waals surface area contributed by atoms with Crippen molar-refractivity contribution in [2.45, 2.75) is 0 Å². The number of rotatable bonds is 0. The van der Waals surface area contributed by atoms with E-state index in [4.69, 9.17) is 19.2 Å². The van der Waals surface area contributed by atoms with Gasteiger partial charge in [0.05, 0.1) is 0 Å². The molecule has 0 spiro atoms. The molecular weight excluding hydrogens is 177 g/mol. The van der Waals surface area contributed by atoms with Crippen LogP contribution in [0, 0.1) is 0 Å². The van der Waals surface area contributed by atoms with Gasteiger partial charge < -0.3 is 23.9 Å². The Labute approximate surface area is 67.9 Å². The Morgan fingerprint density at radius 2 is 1.12 bits per heavy atom. The van der Waals surface area contributed by atoms with Crippen molar-refractivity contribution in [2.24, 2.45) is 0 Å². The Bertz CT molecular complexity index is 62.2. The molecule has 0 heterocycles. The smallest absolute Gasteiger partial charge is 1.00 e. The van der Waals surface area contributed by atoms with Crippen LogP contribution in [-0.4, -0.2) is 0 Å². The van der Waals surface area contributed by atoms with Crippen molar-refractivity contribution >= 4 is 7.82 Å². The van der Waals surface area contributed by atoms with E-state index in [1.54, 1.807) is 0 Å². The molecule has 1 radical (unpaired) electrons. The number of hydrogen-bond donors (Lipinski definition) is 0. The standard InChI is InChI=1S/FH.Fe.Li.H3O4P/c;;;1-5(2,3)4/h1H;;;(H3,1,2,3,4)/q;+3;+1;/p-4. The molecule has 4 nitrogen and oxygen atoms in total. The summed E-state index contributed by atoms with van der Waals surface area (Å²) in [7, 11) is -5.39. The van der Waals surface area contributed by atoms with Crippen molar-refractivity contribution in [1.29, 1.82) is 0 Å². The van der Waals surface area contributed by atoms with Gasteiger partial charge in [-0.1, -0.05) is 0 Å². The van der Waals surface area contributed by atoms with Crippen LogP contribution in [0.5, 0.6) is 0 Å². The van der Waals surface area contributed by atoms with E-state index in [1.807, 2.05) is 0 Å². The summed E-state index contributed by atoms with van der Waals surface area (Å²) < 4.78 is 8.55. The molecule has 0 bridgehead atoms. The molecule has 0 amide bonds. The third-order valence-corrected chi connectivity index (χ3v) is 0. The summed E-state index contributed by atoms with van der Waals surface area (Å²) in [6.07, 6.45) is 0. The molecule has 0 N–H and O–H groups in total. The Kier molecular flexibility index (Phi) is 23.4. The largest absolute Gasteiger partial charge is 3.00 e. The maximum absolute atomic E-state index is 8.55. The predicted molar refractivity (Wildman–Crippen MR) is 7.61 cm³/mol. The molecule has 0 atom stereocenters. The van der Waals surface area contributed by atoms with Crippen molar-refractivity contribution in [3.05, 3.63) is 0 Å². The monoisotopic (exact) mass is 177 g/mol. The fourth-order valence-electron chi connectivity index (χ4n) is 0. The van der Waals surface area contributed by atoms with Gasteiger partial charge in [0.25, 0.3) is 0 Å². The van der Waals surface area contributed by atoms with Crippen molar-refractivity contribution in [3.63, 3.8) is 0 Å². The van der Waals surface area contributed by atoms with Crippen LogP contribution in [0.15, 0.2) is 0 Å². The minimum absolute atomic E-state index is 0. The first-order chi connectivity index (χ1) is 2.00. The van der Waals surface area contributed by atoms with E-state index in [1.165, 1.54) is 0 Å². The summed E-state index contributed by atoms with van der Waals surface area (Å²) >= 11 is 0. The van der Waals surface area contributed by atoms with Crippen molar-refractivity contribution < 1.29 is 59.9 Å². The van der Waals surface area contributed by atoms with Gasteiger partial charge in [0.1, 0.15) is 0 Å². The molecule has 0 aromatic heterocycles. The van der Waals surface area contributed by atoms with E-state index in [2.05, 4.69) is 0 Å². The maximum Gasteiger partial charge on any atom is 3.00 e. The third kappa shape index (κ3) is 203. The normalized spacial score (nSPS) is 7.38. The second-order valence-corrected chi connectivity index (χ2v) is 1.34. The first-order valence-electron chi connectivity index (χ1n) is 0.730. The van der Waals surface area contributed by atoms with Gasteiger partial charge in [-0.15, -0.1) is 0 Å². The van der Waals surface area contributed by atoms with Gasteiger partial charge in [-0.25, -0.2) is 0 Å².